The van der Waals surface area contributed by atoms with Gasteiger partial charge in [-0.1, -0.05) is 6.07 Å². The molecule has 4 nitrogen and oxygen atoms in total. The average molecular weight is 276 g/mol. The highest BCUT2D eigenvalue weighted by atomic mass is 16.5. The van der Waals surface area contributed by atoms with Gasteiger partial charge >= 0.3 is 0 Å². The van der Waals surface area contributed by atoms with E-state index in [1.54, 1.807) is 7.05 Å². The predicted octanol–water partition coefficient (Wildman–Crippen LogP) is 1.84. The molecule has 3 N–H and O–H groups in total. The number of primary amides is 1. The summed E-state index contributed by atoms with van der Waals surface area (Å²) in [6.45, 7) is 6.43. The predicted molar refractivity (Wildman–Crippen MR) is 79.9 cm³/mol. The number of benzene rings is 1. The molecule has 0 aliphatic heterocycles. The fourth-order valence-electron chi connectivity index (χ4n) is 2.71. The molecule has 0 radical (unpaired) electrons. The van der Waals surface area contributed by atoms with Crippen molar-refractivity contribution in [1.82, 2.24) is 5.32 Å². The van der Waals surface area contributed by atoms with Crippen LogP contribution in [0.2, 0.25) is 0 Å². The Kier molecular flexibility index (Phi) is 4.04. The Labute approximate surface area is 120 Å². The van der Waals surface area contributed by atoms with Crippen LogP contribution in [-0.2, 0) is 4.79 Å². The van der Waals surface area contributed by atoms with Gasteiger partial charge in [0.2, 0.25) is 5.91 Å². The van der Waals surface area contributed by atoms with Crippen molar-refractivity contribution >= 4 is 5.91 Å². The number of rotatable bonds is 6. The molecular weight excluding hydrogens is 252 g/mol. The van der Waals surface area contributed by atoms with Gasteiger partial charge in [0, 0.05) is 0 Å². The largest absolute Gasteiger partial charge is 0.491 e. The molecule has 0 saturated heterocycles. The molecular formula is C16H24N2O2. The number of carbonyl (C=O) groups is 1. The minimum Gasteiger partial charge on any atom is -0.491 e. The van der Waals surface area contributed by atoms with E-state index in [2.05, 4.69) is 18.3 Å². The molecule has 1 aromatic rings. The minimum absolute atomic E-state index is 0.285. The van der Waals surface area contributed by atoms with Crippen LogP contribution >= 0.6 is 0 Å². The Morgan fingerprint density at radius 3 is 2.55 bits per heavy atom. The number of carbonyl (C=O) groups excluding carboxylic acids is 1. The Hall–Kier alpha value is -1.55. The minimum atomic E-state index is -0.746. The summed E-state index contributed by atoms with van der Waals surface area (Å²) in [5.74, 6) is 0.796. The fraction of sp³-hybridized carbons (Fsp3) is 0.562. The third kappa shape index (κ3) is 2.66. The van der Waals surface area contributed by atoms with Crippen LogP contribution in [0.25, 0.3) is 0 Å². The third-order valence-electron chi connectivity index (χ3n) is 4.38. The van der Waals surface area contributed by atoms with Gasteiger partial charge in [0.25, 0.3) is 0 Å². The number of aryl methyl sites for hydroxylation is 2. The lowest BCUT2D eigenvalue weighted by Crippen LogP contribution is -2.59. The van der Waals surface area contributed by atoms with Crippen molar-refractivity contribution in [3.8, 4) is 5.75 Å². The lowest BCUT2D eigenvalue weighted by atomic mass is 9.93. The van der Waals surface area contributed by atoms with Gasteiger partial charge in [-0.15, -0.1) is 0 Å². The summed E-state index contributed by atoms with van der Waals surface area (Å²) < 4.78 is 5.95. The van der Waals surface area contributed by atoms with Crippen LogP contribution in [0.4, 0.5) is 0 Å². The molecule has 0 aromatic heterocycles. The van der Waals surface area contributed by atoms with Gasteiger partial charge in [-0.3, -0.25) is 4.79 Å². The first-order valence-corrected chi connectivity index (χ1v) is 7.10. The van der Waals surface area contributed by atoms with E-state index in [0.29, 0.717) is 0 Å². The van der Waals surface area contributed by atoms with E-state index in [1.807, 2.05) is 19.9 Å². The SMILES string of the molecule is CNC(COc1cc(C)cc(C)c1C)(C(N)=O)C1CC1. The van der Waals surface area contributed by atoms with Crippen molar-refractivity contribution in [3.05, 3.63) is 28.8 Å². The second kappa shape index (κ2) is 5.44. The summed E-state index contributed by atoms with van der Waals surface area (Å²) in [5.41, 5.74) is 8.32. The van der Waals surface area contributed by atoms with Crippen molar-refractivity contribution in [2.45, 2.75) is 39.2 Å². The number of nitrogens with two attached hydrogens (primary N) is 1. The molecule has 1 amide bonds. The summed E-state index contributed by atoms with van der Waals surface area (Å²) in [7, 11) is 1.78. The number of ether oxygens (including phenoxy) is 1. The lowest BCUT2D eigenvalue weighted by Gasteiger charge is -2.30. The number of hydrogen-bond acceptors (Lipinski definition) is 3. The van der Waals surface area contributed by atoms with Crippen molar-refractivity contribution in [2.24, 2.45) is 11.7 Å². The number of likely N-dealkylation sites (N-methyl/N-ethyl adjacent to an activating group) is 1. The van der Waals surface area contributed by atoms with Crippen LogP contribution in [0.3, 0.4) is 0 Å². The summed E-state index contributed by atoms with van der Waals surface area (Å²) >= 11 is 0. The molecule has 1 atom stereocenters. The van der Waals surface area contributed by atoms with Crippen LogP contribution in [0.15, 0.2) is 12.1 Å². The second-order valence-electron chi connectivity index (χ2n) is 5.85. The molecule has 4 heteroatoms. The first kappa shape index (κ1) is 14.9. The maximum atomic E-state index is 11.9. The average Bonchev–Trinajstić information content (AvgIpc) is 3.20. The van der Waals surface area contributed by atoms with E-state index >= 15 is 0 Å². The highest BCUT2D eigenvalue weighted by Crippen LogP contribution is 2.40. The molecule has 1 saturated carbocycles. The maximum absolute atomic E-state index is 11.9. The van der Waals surface area contributed by atoms with Crippen LogP contribution in [0.5, 0.6) is 5.75 Å². The molecule has 1 aliphatic rings. The van der Waals surface area contributed by atoms with Crippen LogP contribution in [-0.4, -0.2) is 25.1 Å². The zero-order valence-corrected chi connectivity index (χ0v) is 12.7. The third-order valence-corrected chi connectivity index (χ3v) is 4.38. The molecule has 1 unspecified atom stereocenters. The first-order chi connectivity index (χ1) is 9.40. The van der Waals surface area contributed by atoms with Crippen LogP contribution in [0, 0.1) is 26.7 Å². The molecule has 1 fully saturated rings. The van der Waals surface area contributed by atoms with E-state index in [4.69, 9.17) is 10.5 Å². The molecule has 20 heavy (non-hydrogen) atoms. The van der Waals surface area contributed by atoms with Crippen LogP contribution < -0.4 is 15.8 Å². The van der Waals surface area contributed by atoms with Crippen molar-refractivity contribution in [2.75, 3.05) is 13.7 Å². The van der Waals surface area contributed by atoms with E-state index < -0.39 is 5.54 Å². The number of hydrogen-bond donors (Lipinski definition) is 2. The van der Waals surface area contributed by atoms with Crippen LogP contribution in [0.1, 0.15) is 29.5 Å². The quantitative estimate of drug-likeness (QED) is 0.833. The normalized spacial score (nSPS) is 17.6. The molecule has 2 rings (SSSR count). The van der Waals surface area contributed by atoms with Gasteiger partial charge in [-0.05, 0) is 69.3 Å². The molecule has 0 bridgehead atoms. The van der Waals surface area contributed by atoms with Crippen molar-refractivity contribution in [3.63, 3.8) is 0 Å². The highest BCUT2D eigenvalue weighted by molar-refractivity contribution is 5.85. The highest BCUT2D eigenvalue weighted by Gasteiger charge is 2.49. The lowest BCUT2D eigenvalue weighted by molar-refractivity contribution is -0.126. The van der Waals surface area contributed by atoms with Gasteiger partial charge in [-0.2, -0.15) is 0 Å². The summed E-state index contributed by atoms with van der Waals surface area (Å²) in [5, 5.41) is 3.10. The van der Waals surface area contributed by atoms with Crippen molar-refractivity contribution < 1.29 is 9.53 Å². The van der Waals surface area contributed by atoms with E-state index in [0.717, 1.165) is 29.7 Å². The van der Waals surface area contributed by atoms with Gasteiger partial charge in [0.05, 0.1) is 0 Å². The smallest absolute Gasteiger partial charge is 0.241 e. The maximum Gasteiger partial charge on any atom is 0.241 e. The summed E-state index contributed by atoms with van der Waals surface area (Å²) in [6, 6.07) is 4.14. The summed E-state index contributed by atoms with van der Waals surface area (Å²) in [4.78, 5) is 11.9. The monoisotopic (exact) mass is 276 g/mol. The topological polar surface area (TPSA) is 64.3 Å². The molecule has 0 spiro atoms. The summed E-state index contributed by atoms with van der Waals surface area (Å²) in [6.07, 6.45) is 2.05. The molecule has 1 aliphatic carbocycles. The Balaban J connectivity index is 2.20. The van der Waals surface area contributed by atoms with Gasteiger partial charge < -0.3 is 15.8 Å². The zero-order valence-electron chi connectivity index (χ0n) is 12.7. The Morgan fingerprint density at radius 1 is 1.40 bits per heavy atom. The standard InChI is InChI=1S/C16H24N2O2/c1-10-7-11(2)12(3)14(8-10)20-9-16(18-4,15(17)19)13-5-6-13/h7-8,13,18H,5-6,9H2,1-4H3,(H2,17,19). The number of nitrogens with one attached hydrogen (secondary N) is 1. The van der Waals surface area contributed by atoms with Gasteiger partial charge in [0.1, 0.15) is 17.9 Å². The van der Waals surface area contributed by atoms with Gasteiger partial charge in [-0.25, -0.2) is 0 Å². The van der Waals surface area contributed by atoms with E-state index in [-0.39, 0.29) is 18.4 Å². The molecule has 110 valence electrons. The van der Waals surface area contributed by atoms with Gasteiger partial charge in [0.15, 0.2) is 0 Å². The zero-order chi connectivity index (χ0) is 14.9. The van der Waals surface area contributed by atoms with E-state index in [1.165, 1.54) is 5.56 Å². The fourth-order valence-corrected chi connectivity index (χ4v) is 2.71. The Morgan fingerprint density at radius 2 is 2.05 bits per heavy atom. The molecule has 1 aromatic carbocycles. The first-order valence-electron chi connectivity index (χ1n) is 7.10. The molecule has 0 heterocycles. The second-order valence-corrected chi connectivity index (χ2v) is 5.85. The van der Waals surface area contributed by atoms with E-state index in [9.17, 15) is 4.79 Å². The Bertz CT molecular complexity index is 523. The number of amides is 1. The van der Waals surface area contributed by atoms with Crippen molar-refractivity contribution in [1.29, 1.82) is 0 Å².